The van der Waals surface area contributed by atoms with E-state index in [1.54, 1.807) is 6.33 Å². The van der Waals surface area contributed by atoms with Crippen LogP contribution in [0.4, 0.5) is 0 Å². The highest BCUT2D eigenvalue weighted by Gasteiger charge is 1.86. The molecule has 43 valence electrons. The molecule has 0 aliphatic carbocycles. The molecule has 1 radical (unpaired) electrons. The molecule has 0 amide bonds. The van der Waals surface area contributed by atoms with Crippen molar-refractivity contribution in [1.29, 1.82) is 0 Å². The third-order valence-electron chi connectivity index (χ3n) is 1.02. The molecule has 0 saturated carbocycles. The van der Waals surface area contributed by atoms with Gasteiger partial charge in [-0.25, -0.2) is 4.98 Å². The molecular weight excluding hydrogens is 100 g/mol. The second-order valence-electron chi connectivity index (χ2n) is 1.75. The highest BCUT2D eigenvalue weighted by Crippen LogP contribution is 1.90. The minimum Gasteiger partial charge on any atom is -0.337 e. The number of hydrogen-bond acceptors (Lipinski definition) is 1. The lowest BCUT2D eigenvalue weighted by Gasteiger charge is -1.88. The first kappa shape index (κ1) is 5.35. The van der Waals surface area contributed by atoms with Gasteiger partial charge < -0.3 is 4.57 Å². The Labute approximate surface area is 49.2 Å². The normalized spacial score (nSPS) is 9.75. The quantitative estimate of drug-likeness (QED) is 0.526. The van der Waals surface area contributed by atoms with E-state index in [-0.39, 0.29) is 0 Å². The van der Waals surface area contributed by atoms with Crippen LogP contribution in [0.5, 0.6) is 0 Å². The molecule has 0 fully saturated rings. The van der Waals surface area contributed by atoms with Gasteiger partial charge in [0.15, 0.2) is 0 Å². The zero-order valence-corrected chi connectivity index (χ0v) is 4.96. The molecule has 0 saturated heterocycles. The van der Waals surface area contributed by atoms with Crippen LogP contribution in [0.2, 0.25) is 0 Å². The summed E-state index contributed by atoms with van der Waals surface area (Å²) in [6.45, 7) is 6.42. The lowest BCUT2D eigenvalue weighted by atomic mass is 10.6. The van der Waals surface area contributed by atoms with Gasteiger partial charge in [-0.3, -0.25) is 0 Å². The van der Waals surface area contributed by atoms with Crippen LogP contribution in [0, 0.1) is 13.8 Å². The van der Waals surface area contributed by atoms with E-state index >= 15 is 0 Å². The predicted molar refractivity (Wildman–Crippen MR) is 32.3 cm³/mol. The molecule has 1 aromatic rings. The first-order chi connectivity index (χ1) is 3.83. The molecule has 1 aromatic heterocycles. The van der Waals surface area contributed by atoms with Crippen molar-refractivity contribution >= 4 is 0 Å². The van der Waals surface area contributed by atoms with Crippen LogP contribution in [0.15, 0.2) is 12.5 Å². The minimum atomic E-state index is 0.765. The van der Waals surface area contributed by atoms with Gasteiger partial charge in [-0.15, -0.1) is 0 Å². The van der Waals surface area contributed by atoms with Crippen LogP contribution in [-0.2, 0) is 6.54 Å². The Morgan fingerprint density at radius 1 is 1.88 bits per heavy atom. The Balaban J connectivity index is 2.84. The number of imidazole rings is 1. The van der Waals surface area contributed by atoms with Crippen LogP contribution in [0.25, 0.3) is 0 Å². The fourth-order valence-corrected chi connectivity index (χ4v) is 0.594. The van der Waals surface area contributed by atoms with Gasteiger partial charge in [0.1, 0.15) is 0 Å². The molecule has 0 spiro atoms. The molecule has 0 unspecified atom stereocenters. The highest BCUT2D eigenvalue weighted by molar-refractivity contribution is 4.91. The molecule has 0 aliphatic rings. The van der Waals surface area contributed by atoms with Crippen LogP contribution in [0.1, 0.15) is 5.69 Å². The van der Waals surface area contributed by atoms with Gasteiger partial charge in [-0.1, -0.05) is 0 Å². The Kier molecular flexibility index (Phi) is 1.33. The van der Waals surface area contributed by atoms with Crippen molar-refractivity contribution in [3.63, 3.8) is 0 Å². The van der Waals surface area contributed by atoms with Gasteiger partial charge >= 0.3 is 0 Å². The predicted octanol–water partition coefficient (Wildman–Crippen LogP) is 1.03. The average molecular weight is 109 g/mol. The molecule has 0 atom stereocenters. The molecule has 0 N–H and O–H groups in total. The maximum absolute atomic E-state index is 4.01. The number of hydrogen-bond donors (Lipinski definition) is 0. The number of aryl methyl sites for hydroxylation is 1. The van der Waals surface area contributed by atoms with E-state index in [1.807, 2.05) is 17.7 Å². The molecule has 2 heteroatoms. The summed E-state index contributed by atoms with van der Waals surface area (Å²) < 4.78 is 1.94. The summed E-state index contributed by atoms with van der Waals surface area (Å²) in [4.78, 5) is 4.01. The van der Waals surface area contributed by atoms with Crippen molar-refractivity contribution in [3.05, 3.63) is 25.1 Å². The zero-order valence-electron chi connectivity index (χ0n) is 4.96. The summed E-state index contributed by atoms with van der Waals surface area (Å²) in [5.74, 6) is 0. The first-order valence-electron chi connectivity index (χ1n) is 2.60. The monoisotopic (exact) mass is 109 g/mol. The van der Waals surface area contributed by atoms with Crippen LogP contribution in [0.3, 0.4) is 0 Å². The third-order valence-corrected chi connectivity index (χ3v) is 1.02. The average Bonchev–Trinajstić information content (AvgIpc) is 2.14. The van der Waals surface area contributed by atoms with E-state index < -0.39 is 0 Å². The largest absolute Gasteiger partial charge is 0.337 e. The van der Waals surface area contributed by atoms with Crippen molar-refractivity contribution in [2.45, 2.75) is 13.5 Å². The molecule has 0 aromatic carbocycles. The van der Waals surface area contributed by atoms with Crippen molar-refractivity contribution < 1.29 is 0 Å². The number of aromatic nitrogens is 2. The molecule has 0 bridgehead atoms. The Hall–Kier alpha value is -0.790. The van der Waals surface area contributed by atoms with Gasteiger partial charge in [0.25, 0.3) is 0 Å². The molecule has 2 nitrogen and oxygen atoms in total. The Bertz CT molecular complexity index is 167. The van der Waals surface area contributed by atoms with E-state index in [9.17, 15) is 0 Å². The third kappa shape index (κ3) is 0.886. The number of nitrogens with zero attached hydrogens (tertiary/aromatic N) is 2. The lowest BCUT2D eigenvalue weighted by molar-refractivity contribution is 0.817. The Morgan fingerprint density at radius 3 is 2.88 bits per heavy atom. The van der Waals surface area contributed by atoms with Crippen molar-refractivity contribution in [2.24, 2.45) is 0 Å². The van der Waals surface area contributed by atoms with E-state index in [1.165, 1.54) is 0 Å². The summed E-state index contributed by atoms with van der Waals surface area (Å²) in [5, 5.41) is 0. The summed E-state index contributed by atoms with van der Waals surface area (Å²) in [6, 6.07) is 0. The molecule has 1 rings (SSSR count). The molecule has 0 aliphatic heterocycles. The van der Waals surface area contributed by atoms with Crippen LogP contribution < -0.4 is 0 Å². The van der Waals surface area contributed by atoms with Gasteiger partial charge in [-0.05, 0) is 13.8 Å². The zero-order chi connectivity index (χ0) is 5.98. The standard InChI is InChI=1S/C6H9N2/c1-3-8-4-6(2)7-5-8/h4-5H,1,3H2,2H3. The SMILES string of the molecule is [CH2]Cn1cnc(C)c1. The van der Waals surface area contributed by atoms with Gasteiger partial charge in [-0.2, -0.15) is 0 Å². The fourth-order valence-electron chi connectivity index (χ4n) is 0.594. The smallest absolute Gasteiger partial charge is 0.0949 e. The first-order valence-corrected chi connectivity index (χ1v) is 2.60. The van der Waals surface area contributed by atoms with E-state index in [0.29, 0.717) is 0 Å². The second kappa shape index (κ2) is 1.99. The summed E-state index contributed by atoms with van der Waals surface area (Å²) in [7, 11) is 0. The van der Waals surface area contributed by atoms with Gasteiger partial charge in [0, 0.05) is 12.7 Å². The lowest BCUT2D eigenvalue weighted by Crippen LogP contribution is -1.86. The van der Waals surface area contributed by atoms with Crippen LogP contribution in [-0.4, -0.2) is 9.55 Å². The van der Waals surface area contributed by atoms with Gasteiger partial charge in [0.05, 0.1) is 12.0 Å². The molecular formula is C6H9N2. The molecule has 8 heavy (non-hydrogen) atoms. The minimum absolute atomic E-state index is 0.765. The summed E-state index contributed by atoms with van der Waals surface area (Å²) in [5.41, 5.74) is 1.05. The second-order valence-corrected chi connectivity index (χ2v) is 1.75. The number of rotatable bonds is 1. The highest BCUT2D eigenvalue weighted by atomic mass is 15.0. The summed E-state index contributed by atoms with van der Waals surface area (Å²) in [6.07, 6.45) is 3.75. The molecule has 1 heterocycles. The maximum Gasteiger partial charge on any atom is 0.0949 e. The summed E-state index contributed by atoms with van der Waals surface area (Å²) >= 11 is 0. The topological polar surface area (TPSA) is 17.8 Å². The van der Waals surface area contributed by atoms with Crippen LogP contribution >= 0.6 is 0 Å². The van der Waals surface area contributed by atoms with E-state index in [2.05, 4.69) is 11.9 Å². The van der Waals surface area contributed by atoms with Crippen molar-refractivity contribution in [2.75, 3.05) is 0 Å². The fraction of sp³-hybridized carbons (Fsp3) is 0.333. The van der Waals surface area contributed by atoms with Crippen molar-refractivity contribution in [1.82, 2.24) is 9.55 Å². The van der Waals surface area contributed by atoms with E-state index in [0.717, 1.165) is 12.2 Å². The van der Waals surface area contributed by atoms with E-state index in [4.69, 9.17) is 0 Å². The Morgan fingerprint density at radius 2 is 2.62 bits per heavy atom. The van der Waals surface area contributed by atoms with Gasteiger partial charge in [0.2, 0.25) is 0 Å². The maximum atomic E-state index is 4.01. The van der Waals surface area contributed by atoms with Crippen molar-refractivity contribution in [3.8, 4) is 0 Å².